The fourth-order valence-corrected chi connectivity index (χ4v) is 2.11. The molecule has 5 N–H and O–H groups in total. The number of anilines is 1. The number of hydrogen-bond acceptors (Lipinski definition) is 2. The Kier molecular flexibility index (Phi) is 5.27. The highest BCUT2D eigenvalue weighted by Gasteiger charge is 2.11. The van der Waals surface area contributed by atoms with Gasteiger partial charge in [0, 0.05) is 16.8 Å². The summed E-state index contributed by atoms with van der Waals surface area (Å²) >= 11 is 0. The van der Waals surface area contributed by atoms with E-state index in [2.05, 4.69) is 12.2 Å². The molecule has 0 aliphatic rings. The van der Waals surface area contributed by atoms with Gasteiger partial charge < -0.3 is 16.4 Å². The number of amides is 2. The topological polar surface area (TPSA) is 88.8 Å². The van der Waals surface area contributed by atoms with Crippen molar-refractivity contribution >= 4 is 17.5 Å². The van der Waals surface area contributed by atoms with Gasteiger partial charge >= 0.3 is 0 Å². The Labute approximate surface area is 129 Å². The number of benzene rings is 2. The Morgan fingerprint density at radius 2 is 1.73 bits per heavy atom. The van der Waals surface area contributed by atoms with Gasteiger partial charge in [0.05, 0.1) is 0 Å². The smallest absolute Gasteiger partial charge is 0.279 e. The second-order valence-electron chi connectivity index (χ2n) is 5.13. The zero-order valence-electron chi connectivity index (χ0n) is 12.5. The third-order valence-electron chi connectivity index (χ3n) is 3.44. The molecule has 0 aromatic heterocycles. The molecule has 0 saturated carbocycles. The van der Waals surface area contributed by atoms with Gasteiger partial charge in [0.15, 0.2) is 6.54 Å². The van der Waals surface area contributed by atoms with Gasteiger partial charge in [-0.05, 0) is 31.2 Å². The van der Waals surface area contributed by atoms with Gasteiger partial charge in [-0.1, -0.05) is 30.3 Å². The van der Waals surface area contributed by atoms with E-state index in [1.807, 2.05) is 35.6 Å². The highest BCUT2D eigenvalue weighted by atomic mass is 16.2. The van der Waals surface area contributed by atoms with Crippen LogP contribution < -0.4 is 16.4 Å². The van der Waals surface area contributed by atoms with Gasteiger partial charge in [0.1, 0.15) is 6.04 Å². The second-order valence-corrected chi connectivity index (χ2v) is 5.13. The highest BCUT2D eigenvalue weighted by Crippen LogP contribution is 2.09. The number of hydrogen-bond donors (Lipinski definition) is 3. The minimum absolute atomic E-state index is 0.0883. The predicted molar refractivity (Wildman–Crippen MR) is 85.2 cm³/mol. The number of nitrogens with two attached hydrogens (primary N) is 2. The van der Waals surface area contributed by atoms with Gasteiger partial charge in [0.2, 0.25) is 5.91 Å². The molecule has 0 aliphatic heterocycles. The minimum Gasteiger partial charge on any atom is -0.366 e. The SMILES string of the molecule is C[C@@H]([NH2+]CC(=O)Nc1ccc(C(N)=O)cc1)c1ccccc1. The van der Waals surface area contributed by atoms with Gasteiger partial charge in [-0.15, -0.1) is 0 Å². The van der Waals surface area contributed by atoms with Crippen molar-refractivity contribution in [2.45, 2.75) is 13.0 Å². The third kappa shape index (κ3) is 4.43. The Bertz CT molecular complexity index is 639. The van der Waals surface area contributed by atoms with Crippen molar-refractivity contribution in [3.63, 3.8) is 0 Å². The Morgan fingerprint density at radius 3 is 2.32 bits per heavy atom. The summed E-state index contributed by atoms with van der Waals surface area (Å²) in [5.74, 6) is -0.572. The van der Waals surface area contributed by atoms with Gasteiger partial charge in [0.25, 0.3) is 5.91 Å². The van der Waals surface area contributed by atoms with E-state index in [9.17, 15) is 9.59 Å². The van der Waals surface area contributed by atoms with Crippen LogP contribution in [-0.2, 0) is 4.79 Å². The largest absolute Gasteiger partial charge is 0.366 e. The monoisotopic (exact) mass is 298 g/mol. The number of rotatable bonds is 6. The maximum atomic E-state index is 11.9. The van der Waals surface area contributed by atoms with Crippen LogP contribution in [0.4, 0.5) is 5.69 Å². The van der Waals surface area contributed by atoms with E-state index in [0.29, 0.717) is 17.8 Å². The molecule has 5 nitrogen and oxygen atoms in total. The Morgan fingerprint density at radius 1 is 1.09 bits per heavy atom. The van der Waals surface area contributed by atoms with Crippen LogP contribution >= 0.6 is 0 Å². The van der Waals surface area contributed by atoms with Crippen molar-refractivity contribution in [1.82, 2.24) is 0 Å². The van der Waals surface area contributed by atoms with Crippen molar-refractivity contribution in [2.24, 2.45) is 5.73 Å². The van der Waals surface area contributed by atoms with E-state index in [0.717, 1.165) is 0 Å². The van der Waals surface area contributed by atoms with Crippen molar-refractivity contribution in [3.05, 3.63) is 65.7 Å². The lowest BCUT2D eigenvalue weighted by molar-refractivity contribution is -0.682. The normalized spacial score (nSPS) is 11.7. The predicted octanol–water partition coefficient (Wildman–Crippen LogP) is 1.05. The van der Waals surface area contributed by atoms with E-state index in [1.165, 1.54) is 5.56 Å². The van der Waals surface area contributed by atoms with E-state index >= 15 is 0 Å². The molecule has 0 fully saturated rings. The van der Waals surface area contributed by atoms with E-state index in [-0.39, 0.29) is 11.9 Å². The first-order chi connectivity index (χ1) is 10.6. The molecule has 0 spiro atoms. The Hall–Kier alpha value is -2.66. The summed E-state index contributed by atoms with van der Waals surface area (Å²) in [6.07, 6.45) is 0. The number of carbonyl (C=O) groups excluding carboxylic acids is 2. The first-order valence-corrected chi connectivity index (χ1v) is 7.14. The summed E-state index contributed by atoms with van der Waals surface area (Å²) in [6.45, 7) is 2.39. The molecule has 0 heterocycles. The van der Waals surface area contributed by atoms with Crippen LogP contribution in [0.15, 0.2) is 54.6 Å². The molecule has 2 aromatic rings. The summed E-state index contributed by atoms with van der Waals surface area (Å²) in [5, 5.41) is 4.77. The number of carbonyl (C=O) groups is 2. The highest BCUT2D eigenvalue weighted by molar-refractivity contribution is 5.94. The average Bonchev–Trinajstić information content (AvgIpc) is 2.54. The van der Waals surface area contributed by atoms with Crippen molar-refractivity contribution in [3.8, 4) is 0 Å². The molecular formula is C17H20N3O2+. The fraction of sp³-hybridized carbons (Fsp3) is 0.176. The second kappa shape index (κ2) is 7.38. The molecule has 2 aromatic carbocycles. The molecule has 0 radical (unpaired) electrons. The first-order valence-electron chi connectivity index (χ1n) is 7.14. The number of nitrogens with one attached hydrogen (secondary N) is 1. The van der Waals surface area contributed by atoms with Gasteiger partial charge in [-0.2, -0.15) is 0 Å². The van der Waals surface area contributed by atoms with Crippen LogP contribution in [0.3, 0.4) is 0 Å². The Balaban J connectivity index is 1.84. The number of primary amides is 1. The maximum Gasteiger partial charge on any atom is 0.279 e. The molecule has 5 heteroatoms. The molecule has 0 bridgehead atoms. The van der Waals surface area contributed by atoms with Crippen LogP contribution in [0.5, 0.6) is 0 Å². The van der Waals surface area contributed by atoms with Crippen molar-refractivity contribution in [2.75, 3.05) is 11.9 Å². The van der Waals surface area contributed by atoms with Crippen LogP contribution in [0.25, 0.3) is 0 Å². The molecule has 114 valence electrons. The van der Waals surface area contributed by atoms with Gasteiger partial charge in [-0.3, -0.25) is 9.59 Å². The quantitative estimate of drug-likeness (QED) is 0.744. The summed E-state index contributed by atoms with van der Waals surface area (Å²) in [5.41, 5.74) is 7.42. The molecule has 2 amide bonds. The van der Waals surface area contributed by atoms with Crippen LogP contribution in [0.1, 0.15) is 28.9 Å². The molecule has 1 atom stereocenters. The summed E-state index contributed by atoms with van der Waals surface area (Å²) < 4.78 is 0. The molecule has 0 unspecified atom stereocenters. The van der Waals surface area contributed by atoms with Gasteiger partial charge in [-0.25, -0.2) is 0 Å². The maximum absolute atomic E-state index is 11.9. The third-order valence-corrected chi connectivity index (χ3v) is 3.44. The summed E-state index contributed by atoms with van der Waals surface area (Å²) in [7, 11) is 0. The number of quaternary nitrogens is 1. The molecule has 2 rings (SSSR count). The van der Waals surface area contributed by atoms with Crippen molar-refractivity contribution in [1.29, 1.82) is 0 Å². The lowest BCUT2D eigenvalue weighted by Gasteiger charge is -2.11. The zero-order valence-corrected chi connectivity index (χ0v) is 12.5. The fourth-order valence-electron chi connectivity index (χ4n) is 2.11. The lowest BCUT2D eigenvalue weighted by Crippen LogP contribution is -2.86. The molecular weight excluding hydrogens is 278 g/mol. The van der Waals surface area contributed by atoms with E-state index < -0.39 is 5.91 Å². The summed E-state index contributed by atoms with van der Waals surface area (Å²) in [6, 6.07) is 16.8. The van der Waals surface area contributed by atoms with Crippen LogP contribution in [0.2, 0.25) is 0 Å². The van der Waals surface area contributed by atoms with Crippen LogP contribution in [-0.4, -0.2) is 18.4 Å². The average molecular weight is 298 g/mol. The summed E-state index contributed by atoms with van der Waals surface area (Å²) in [4.78, 5) is 22.9. The molecule has 0 saturated heterocycles. The van der Waals surface area contributed by atoms with Crippen LogP contribution in [0, 0.1) is 0 Å². The van der Waals surface area contributed by atoms with E-state index in [4.69, 9.17) is 5.73 Å². The van der Waals surface area contributed by atoms with Crippen molar-refractivity contribution < 1.29 is 14.9 Å². The standard InChI is InChI=1S/C17H19N3O2/c1-12(13-5-3-2-4-6-13)19-11-16(21)20-15-9-7-14(8-10-15)17(18)22/h2-10,12,19H,11H2,1H3,(H2,18,22)(H,20,21)/p+1/t12-/m1/s1. The minimum atomic E-state index is -0.483. The zero-order chi connectivity index (χ0) is 15.9. The molecule has 0 aliphatic carbocycles. The lowest BCUT2D eigenvalue weighted by atomic mass is 10.1. The van der Waals surface area contributed by atoms with E-state index in [1.54, 1.807) is 24.3 Å². The first kappa shape index (κ1) is 15.7. The molecule has 22 heavy (non-hydrogen) atoms.